The van der Waals surface area contributed by atoms with Crippen LogP contribution in [0, 0.1) is 10.8 Å². The highest BCUT2D eigenvalue weighted by atomic mass is 16.6. The van der Waals surface area contributed by atoms with Gasteiger partial charge in [-0.05, 0) is 73.0 Å². The lowest BCUT2D eigenvalue weighted by Gasteiger charge is -2.38. The van der Waals surface area contributed by atoms with E-state index in [9.17, 15) is 4.79 Å². The number of carbonyl (C=O) groups is 1. The van der Waals surface area contributed by atoms with Crippen molar-refractivity contribution < 1.29 is 9.53 Å². The maximum atomic E-state index is 12.8. The quantitative estimate of drug-likeness (QED) is 0.445. The molecular weight excluding hydrogens is 344 g/mol. The van der Waals surface area contributed by atoms with Crippen LogP contribution in [-0.2, 0) is 4.74 Å². The van der Waals surface area contributed by atoms with Crippen molar-refractivity contribution in [3.63, 3.8) is 0 Å². The number of benzene rings is 1. The van der Waals surface area contributed by atoms with Crippen LogP contribution in [0.2, 0.25) is 0 Å². The molecule has 2 heteroatoms. The first-order valence-electron chi connectivity index (χ1n) is 11.4. The average molecular weight is 387 g/mol. The molecule has 0 aliphatic heterocycles. The summed E-state index contributed by atoms with van der Waals surface area (Å²) in [7, 11) is 0. The summed E-state index contributed by atoms with van der Waals surface area (Å²) in [5.74, 6) is 0.320. The van der Waals surface area contributed by atoms with E-state index >= 15 is 0 Å². The second-order valence-electron chi connectivity index (χ2n) is 10.8. The van der Waals surface area contributed by atoms with E-state index in [4.69, 9.17) is 4.74 Å². The molecule has 0 N–H and O–H groups in total. The van der Waals surface area contributed by atoms with Crippen LogP contribution in [0.25, 0.3) is 0 Å². The Morgan fingerprint density at radius 1 is 1.00 bits per heavy atom. The minimum absolute atomic E-state index is 0.155. The van der Waals surface area contributed by atoms with E-state index in [1.54, 1.807) is 0 Å². The highest BCUT2D eigenvalue weighted by molar-refractivity contribution is 5.89. The molecule has 1 aromatic rings. The van der Waals surface area contributed by atoms with Gasteiger partial charge in [-0.25, -0.2) is 4.79 Å². The van der Waals surface area contributed by atoms with Gasteiger partial charge in [-0.3, -0.25) is 0 Å². The average Bonchev–Trinajstić information content (AvgIpc) is 2.66. The maximum Gasteiger partial charge on any atom is 0.338 e. The van der Waals surface area contributed by atoms with Crippen molar-refractivity contribution in [2.75, 3.05) is 0 Å². The number of carbonyl (C=O) groups excluding carboxylic acids is 1. The van der Waals surface area contributed by atoms with Crippen molar-refractivity contribution in [3.05, 3.63) is 35.4 Å². The van der Waals surface area contributed by atoms with Gasteiger partial charge in [0.15, 0.2) is 0 Å². The van der Waals surface area contributed by atoms with Crippen molar-refractivity contribution in [2.45, 2.75) is 111 Å². The molecular formula is C26H42O2. The number of esters is 1. The minimum atomic E-state index is -0.243. The van der Waals surface area contributed by atoms with Gasteiger partial charge in [-0.1, -0.05) is 73.4 Å². The van der Waals surface area contributed by atoms with Gasteiger partial charge in [0.2, 0.25) is 0 Å². The SMILES string of the molecule is CCC1(OC(=O)c2ccc(C(CC(C)(C)C)C(C)(C)CC)cc2)CCCCC1. The molecule has 1 saturated carbocycles. The zero-order valence-electron chi connectivity index (χ0n) is 19.4. The summed E-state index contributed by atoms with van der Waals surface area (Å²) in [5, 5.41) is 0. The Morgan fingerprint density at radius 3 is 2.04 bits per heavy atom. The molecule has 1 fully saturated rings. The van der Waals surface area contributed by atoms with Gasteiger partial charge >= 0.3 is 5.97 Å². The summed E-state index contributed by atoms with van der Waals surface area (Å²) in [6.45, 7) is 16.1. The molecule has 2 nitrogen and oxygen atoms in total. The third-order valence-corrected chi connectivity index (χ3v) is 6.94. The van der Waals surface area contributed by atoms with Crippen LogP contribution in [0.5, 0.6) is 0 Å². The topological polar surface area (TPSA) is 26.3 Å². The fraction of sp³-hybridized carbons (Fsp3) is 0.731. The molecule has 0 bridgehead atoms. The molecule has 28 heavy (non-hydrogen) atoms. The first-order chi connectivity index (χ1) is 13.0. The smallest absolute Gasteiger partial charge is 0.338 e. The fourth-order valence-corrected chi connectivity index (χ4v) is 4.54. The summed E-state index contributed by atoms with van der Waals surface area (Å²) in [6, 6.07) is 8.27. The van der Waals surface area contributed by atoms with Gasteiger partial charge in [0.25, 0.3) is 0 Å². The van der Waals surface area contributed by atoms with E-state index in [1.807, 2.05) is 12.1 Å². The third-order valence-electron chi connectivity index (χ3n) is 6.94. The van der Waals surface area contributed by atoms with Gasteiger partial charge in [-0.2, -0.15) is 0 Å². The molecule has 1 aliphatic rings. The second-order valence-corrected chi connectivity index (χ2v) is 10.8. The van der Waals surface area contributed by atoms with E-state index in [2.05, 4.69) is 60.6 Å². The van der Waals surface area contributed by atoms with Gasteiger partial charge < -0.3 is 4.74 Å². The highest BCUT2D eigenvalue weighted by Crippen LogP contribution is 2.45. The molecule has 0 spiro atoms. The van der Waals surface area contributed by atoms with Crippen LogP contribution < -0.4 is 0 Å². The third kappa shape index (κ3) is 5.84. The Labute approximate surface area is 173 Å². The molecule has 0 radical (unpaired) electrons. The molecule has 0 saturated heterocycles. The standard InChI is InChI=1S/C26H42O2/c1-8-25(6,7)22(19-24(3,4)5)20-13-15-21(16-14-20)23(27)28-26(9-2)17-11-10-12-18-26/h13-16,22H,8-12,17-19H2,1-7H3. The number of rotatable bonds is 7. The van der Waals surface area contributed by atoms with Crippen molar-refractivity contribution in [2.24, 2.45) is 10.8 Å². The zero-order valence-corrected chi connectivity index (χ0v) is 19.4. The lowest BCUT2D eigenvalue weighted by Crippen LogP contribution is -2.36. The minimum Gasteiger partial charge on any atom is -0.455 e. The molecule has 1 aliphatic carbocycles. The van der Waals surface area contributed by atoms with Crippen LogP contribution in [-0.4, -0.2) is 11.6 Å². The molecule has 2 rings (SSSR count). The van der Waals surface area contributed by atoms with E-state index in [0.29, 0.717) is 11.5 Å². The highest BCUT2D eigenvalue weighted by Gasteiger charge is 2.35. The Hall–Kier alpha value is -1.31. The van der Waals surface area contributed by atoms with Crippen molar-refractivity contribution >= 4 is 5.97 Å². The molecule has 0 amide bonds. The van der Waals surface area contributed by atoms with Crippen molar-refractivity contribution in [3.8, 4) is 0 Å². The summed E-state index contributed by atoms with van der Waals surface area (Å²) in [5.41, 5.74) is 2.27. The summed E-state index contributed by atoms with van der Waals surface area (Å²) in [4.78, 5) is 12.8. The Bertz CT molecular complexity index is 627. The van der Waals surface area contributed by atoms with E-state index in [-0.39, 0.29) is 22.4 Å². The van der Waals surface area contributed by atoms with Gasteiger partial charge in [-0.15, -0.1) is 0 Å². The lowest BCUT2D eigenvalue weighted by atomic mass is 9.67. The van der Waals surface area contributed by atoms with Crippen LogP contribution in [0.15, 0.2) is 24.3 Å². The maximum absolute atomic E-state index is 12.8. The van der Waals surface area contributed by atoms with Crippen LogP contribution >= 0.6 is 0 Å². The molecule has 0 heterocycles. The van der Waals surface area contributed by atoms with Crippen LogP contribution in [0.3, 0.4) is 0 Å². The molecule has 1 unspecified atom stereocenters. The molecule has 1 aromatic carbocycles. The summed E-state index contributed by atoms with van der Waals surface area (Å²) in [6.07, 6.45) is 8.79. The normalized spacial score (nSPS) is 18.5. The fourth-order valence-electron chi connectivity index (χ4n) is 4.54. The summed E-state index contributed by atoms with van der Waals surface area (Å²) < 4.78 is 6.04. The Balaban J connectivity index is 2.19. The lowest BCUT2D eigenvalue weighted by molar-refractivity contribution is -0.0397. The van der Waals surface area contributed by atoms with E-state index < -0.39 is 0 Å². The largest absolute Gasteiger partial charge is 0.455 e. The zero-order chi connectivity index (χ0) is 21.0. The number of hydrogen-bond donors (Lipinski definition) is 0. The first-order valence-corrected chi connectivity index (χ1v) is 11.4. The second kappa shape index (κ2) is 9.01. The Morgan fingerprint density at radius 2 is 1.57 bits per heavy atom. The molecule has 1 atom stereocenters. The number of ether oxygens (including phenoxy) is 1. The molecule has 0 aromatic heterocycles. The van der Waals surface area contributed by atoms with Crippen LogP contribution in [0.4, 0.5) is 0 Å². The first kappa shape index (κ1) is 23.0. The predicted molar refractivity (Wildman–Crippen MR) is 119 cm³/mol. The van der Waals surface area contributed by atoms with Crippen molar-refractivity contribution in [1.82, 2.24) is 0 Å². The van der Waals surface area contributed by atoms with E-state index in [0.717, 1.165) is 32.1 Å². The van der Waals surface area contributed by atoms with Gasteiger partial charge in [0.1, 0.15) is 5.60 Å². The van der Waals surface area contributed by atoms with Crippen molar-refractivity contribution in [1.29, 1.82) is 0 Å². The summed E-state index contributed by atoms with van der Waals surface area (Å²) >= 11 is 0. The van der Waals surface area contributed by atoms with Gasteiger partial charge in [0.05, 0.1) is 5.56 Å². The van der Waals surface area contributed by atoms with Gasteiger partial charge in [0, 0.05) is 0 Å². The predicted octanol–water partition coefficient (Wildman–Crippen LogP) is 7.91. The van der Waals surface area contributed by atoms with E-state index in [1.165, 1.54) is 24.8 Å². The number of hydrogen-bond acceptors (Lipinski definition) is 2. The van der Waals surface area contributed by atoms with Crippen LogP contribution in [0.1, 0.15) is 122 Å². The monoisotopic (exact) mass is 386 g/mol. The Kier molecular flexibility index (Phi) is 7.39. The molecule has 158 valence electrons.